The number of hydrogen-bond donors (Lipinski definition) is 0. The molecule has 1 heteroatoms. The van der Waals surface area contributed by atoms with Gasteiger partial charge >= 0.3 is 0 Å². The molecule has 0 amide bonds. The molecule has 0 aliphatic heterocycles. The minimum Gasteiger partial charge on any atom is -0.306 e. The van der Waals surface area contributed by atoms with Gasteiger partial charge in [0.1, 0.15) is 0 Å². The zero-order valence-electron chi connectivity index (χ0n) is 19.3. The molecule has 0 rings (SSSR count). The van der Waals surface area contributed by atoms with E-state index in [0.717, 1.165) is 5.92 Å². The van der Waals surface area contributed by atoms with E-state index in [-0.39, 0.29) is 0 Å². The molecule has 0 saturated carbocycles. The average molecular weight is 340 g/mol. The fraction of sp³-hybridized carbons (Fsp3) is 1.00. The first kappa shape index (κ1) is 24.0. The Morgan fingerprint density at radius 3 is 1.62 bits per heavy atom. The minimum atomic E-state index is 0.393. The number of rotatable bonds is 9. The summed E-state index contributed by atoms with van der Waals surface area (Å²) in [6, 6.07) is 0. The first-order valence-electron chi connectivity index (χ1n) is 10.1. The van der Waals surface area contributed by atoms with Crippen LogP contribution in [0.15, 0.2) is 0 Å². The Bertz CT molecular complexity index is 351. The molecule has 0 fully saturated rings. The molecule has 1 unspecified atom stereocenters. The van der Waals surface area contributed by atoms with Crippen LogP contribution in [0.2, 0.25) is 0 Å². The number of hydrogen-bond acceptors (Lipinski definition) is 1. The first-order chi connectivity index (χ1) is 10.4. The third-order valence-electron chi connectivity index (χ3n) is 5.20. The Labute approximate surface area is 155 Å². The van der Waals surface area contributed by atoms with Gasteiger partial charge < -0.3 is 4.90 Å². The molecule has 146 valence electrons. The standard InChI is InChI=1S/C23H49N/c1-19(23(10,11)17-21(5,6)7)14-13-15-24(12)18-22(8,9)16-20(2,3)4/h19H,13-18H2,1-12H3. The van der Waals surface area contributed by atoms with Crippen LogP contribution in [0.25, 0.3) is 0 Å². The molecule has 24 heavy (non-hydrogen) atoms. The van der Waals surface area contributed by atoms with E-state index in [4.69, 9.17) is 0 Å². The lowest BCUT2D eigenvalue weighted by molar-refractivity contribution is 0.121. The lowest BCUT2D eigenvalue weighted by atomic mass is 9.68. The van der Waals surface area contributed by atoms with Crippen molar-refractivity contribution in [1.82, 2.24) is 4.90 Å². The van der Waals surface area contributed by atoms with Crippen LogP contribution in [0.5, 0.6) is 0 Å². The first-order valence-corrected chi connectivity index (χ1v) is 10.1. The van der Waals surface area contributed by atoms with Crippen molar-refractivity contribution in [1.29, 1.82) is 0 Å². The van der Waals surface area contributed by atoms with Gasteiger partial charge in [-0.3, -0.25) is 0 Å². The molecule has 0 saturated heterocycles. The maximum absolute atomic E-state index is 2.55. The van der Waals surface area contributed by atoms with Crippen LogP contribution in [0.3, 0.4) is 0 Å². The van der Waals surface area contributed by atoms with Gasteiger partial charge in [-0.05, 0) is 66.9 Å². The largest absolute Gasteiger partial charge is 0.306 e. The van der Waals surface area contributed by atoms with Crippen LogP contribution in [-0.4, -0.2) is 25.0 Å². The molecular formula is C23H49N. The summed E-state index contributed by atoms with van der Waals surface area (Å²) in [7, 11) is 2.30. The summed E-state index contributed by atoms with van der Waals surface area (Å²) in [6.07, 6.45) is 5.24. The summed E-state index contributed by atoms with van der Waals surface area (Å²) in [5.74, 6) is 0.785. The van der Waals surface area contributed by atoms with Gasteiger partial charge in [-0.1, -0.05) is 76.2 Å². The minimum absolute atomic E-state index is 0.393. The summed E-state index contributed by atoms with van der Waals surface area (Å²) in [5, 5.41) is 0. The van der Waals surface area contributed by atoms with E-state index in [1.165, 1.54) is 38.8 Å². The summed E-state index contributed by atoms with van der Waals surface area (Å²) in [4.78, 5) is 2.55. The zero-order valence-corrected chi connectivity index (χ0v) is 19.3. The molecule has 0 radical (unpaired) electrons. The van der Waals surface area contributed by atoms with Gasteiger partial charge in [0.25, 0.3) is 0 Å². The SMILES string of the molecule is CC(CCCN(C)CC(C)(C)CC(C)(C)C)C(C)(C)CC(C)(C)C. The Morgan fingerprint density at radius 1 is 0.750 bits per heavy atom. The molecule has 0 heterocycles. The monoisotopic (exact) mass is 339 g/mol. The van der Waals surface area contributed by atoms with Gasteiger partial charge in [-0.25, -0.2) is 0 Å². The third kappa shape index (κ3) is 11.5. The van der Waals surface area contributed by atoms with Crippen LogP contribution in [-0.2, 0) is 0 Å². The highest BCUT2D eigenvalue weighted by Crippen LogP contribution is 2.40. The quantitative estimate of drug-likeness (QED) is 0.427. The summed E-state index contributed by atoms with van der Waals surface area (Å²) in [6.45, 7) is 28.8. The molecule has 0 spiro atoms. The molecule has 0 aromatic heterocycles. The van der Waals surface area contributed by atoms with Gasteiger partial charge in [0.2, 0.25) is 0 Å². The second-order valence-corrected chi connectivity index (χ2v) is 12.4. The maximum atomic E-state index is 2.55. The Kier molecular flexibility index (Phi) is 8.55. The summed E-state index contributed by atoms with van der Waals surface area (Å²) in [5.41, 5.74) is 1.66. The van der Waals surface area contributed by atoms with E-state index in [1.807, 2.05) is 0 Å². The Morgan fingerprint density at radius 2 is 1.21 bits per heavy atom. The van der Waals surface area contributed by atoms with Gasteiger partial charge in [-0.2, -0.15) is 0 Å². The van der Waals surface area contributed by atoms with Gasteiger partial charge in [0, 0.05) is 6.54 Å². The normalized spacial score (nSPS) is 15.9. The molecular weight excluding hydrogens is 290 g/mol. The van der Waals surface area contributed by atoms with Crippen LogP contribution < -0.4 is 0 Å². The zero-order chi connectivity index (χ0) is 19.4. The molecule has 0 aromatic rings. The van der Waals surface area contributed by atoms with E-state index in [0.29, 0.717) is 21.7 Å². The summed E-state index contributed by atoms with van der Waals surface area (Å²) < 4.78 is 0. The molecule has 1 nitrogen and oxygen atoms in total. The summed E-state index contributed by atoms with van der Waals surface area (Å²) >= 11 is 0. The topological polar surface area (TPSA) is 3.24 Å². The second kappa shape index (κ2) is 8.56. The van der Waals surface area contributed by atoms with Gasteiger partial charge in [0.05, 0.1) is 0 Å². The molecule has 0 aliphatic carbocycles. The van der Waals surface area contributed by atoms with Gasteiger partial charge in [0.15, 0.2) is 0 Å². The second-order valence-electron chi connectivity index (χ2n) is 12.4. The fourth-order valence-electron chi connectivity index (χ4n) is 4.90. The van der Waals surface area contributed by atoms with Crippen LogP contribution in [0, 0.1) is 27.6 Å². The predicted octanol–water partition coefficient (Wildman–Crippen LogP) is 7.26. The Hall–Kier alpha value is -0.0400. The van der Waals surface area contributed by atoms with E-state index < -0.39 is 0 Å². The number of nitrogens with zero attached hydrogens (tertiary/aromatic N) is 1. The smallest absolute Gasteiger partial charge is 0.00298 e. The van der Waals surface area contributed by atoms with Crippen molar-refractivity contribution in [3.63, 3.8) is 0 Å². The van der Waals surface area contributed by atoms with Crippen molar-refractivity contribution < 1.29 is 0 Å². The van der Waals surface area contributed by atoms with E-state index in [9.17, 15) is 0 Å². The maximum Gasteiger partial charge on any atom is 0.00298 e. The molecule has 1 atom stereocenters. The lowest BCUT2D eigenvalue weighted by Gasteiger charge is -2.38. The molecule has 0 N–H and O–H groups in total. The van der Waals surface area contributed by atoms with Crippen molar-refractivity contribution in [2.75, 3.05) is 20.1 Å². The van der Waals surface area contributed by atoms with Crippen molar-refractivity contribution in [3.05, 3.63) is 0 Å². The highest BCUT2D eigenvalue weighted by molar-refractivity contribution is 4.82. The predicted molar refractivity (Wildman–Crippen MR) is 112 cm³/mol. The van der Waals surface area contributed by atoms with Gasteiger partial charge in [-0.15, -0.1) is 0 Å². The van der Waals surface area contributed by atoms with Crippen molar-refractivity contribution in [2.24, 2.45) is 27.6 Å². The van der Waals surface area contributed by atoms with E-state index in [2.05, 4.69) is 88.1 Å². The van der Waals surface area contributed by atoms with Crippen molar-refractivity contribution >= 4 is 0 Å². The van der Waals surface area contributed by atoms with Crippen LogP contribution >= 0.6 is 0 Å². The van der Waals surface area contributed by atoms with E-state index in [1.54, 1.807) is 0 Å². The molecule has 0 aliphatic rings. The van der Waals surface area contributed by atoms with Crippen LogP contribution in [0.4, 0.5) is 0 Å². The highest BCUT2D eigenvalue weighted by Gasteiger charge is 2.31. The average Bonchev–Trinajstić information content (AvgIpc) is 2.20. The lowest BCUT2D eigenvalue weighted by Crippen LogP contribution is -2.35. The fourth-order valence-corrected chi connectivity index (χ4v) is 4.90. The highest BCUT2D eigenvalue weighted by atomic mass is 15.1. The third-order valence-corrected chi connectivity index (χ3v) is 5.20. The Balaban J connectivity index is 4.31. The van der Waals surface area contributed by atoms with Crippen molar-refractivity contribution in [2.45, 2.75) is 102 Å². The molecule has 0 aromatic carbocycles. The van der Waals surface area contributed by atoms with Crippen molar-refractivity contribution in [3.8, 4) is 0 Å². The van der Waals surface area contributed by atoms with E-state index >= 15 is 0 Å². The van der Waals surface area contributed by atoms with Crippen LogP contribution in [0.1, 0.15) is 102 Å². The molecule has 0 bridgehead atoms.